The molecular formula is C20H23N3O6. The van der Waals surface area contributed by atoms with E-state index >= 15 is 0 Å². The summed E-state index contributed by atoms with van der Waals surface area (Å²) < 4.78 is 10.1. The SMILES string of the molecule is CCOC(=O)[C@H]1CCCCN1C(=O)COC(=O)c1ccc(NC(=O)CC#N)cc1. The second-order valence-electron chi connectivity index (χ2n) is 6.39. The van der Waals surface area contributed by atoms with Crippen LogP contribution in [0.25, 0.3) is 0 Å². The number of rotatable bonds is 7. The number of carbonyl (C=O) groups is 4. The van der Waals surface area contributed by atoms with Crippen LogP contribution in [0.1, 0.15) is 43.0 Å². The van der Waals surface area contributed by atoms with Gasteiger partial charge in [-0.25, -0.2) is 9.59 Å². The molecule has 1 aromatic carbocycles. The Morgan fingerprint density at radius 3 is 2.55 bits per heavy atom. The molecule has 2 amide bonds. The molecule has 1 aliphatic rings. The van der Waals surface area contributed by atoms with Gasteiger partial charge >= 0.3 is 11.9 Å². The van der Waals surface area contributed by atoms with E-state index in [0.29, 0.717) is 18.7 Å². The summed E-state index contributed by atoms with van der Waals surface area (Å²) >= 11 is 0. The first-order valence-electron chi connectivity index (χ1n) is 9.36. The van der Waals surface area contributed by atoms with Crippen molar-refractivity contribution in [3.05, 3.63) is 29.8 Å². The molecule has 1 fully saturated rings. The first-order chi connectivity index (χ1) is 14.0. The second-order valence-corrected chi connectivity index (χ2v) is 6.39. The number of ether oxygens (including phenoxy) is 2. The molecule has 2 rings (SSSR count). The molecule has 0 aromatic heterocycles. The number of likely N-dealkylation sites (tertiary alicyclic amines) is 1. The van der Waals surface area contributed by atoms with Crippen LogP contribution in [0.3, 0.4) is 0 Å². The van der Waals surface area contributed by atoms with Crippen LogP contribution in [0, 0.1) is 11.3 Å². The van der Waals surface area contributed by atoms with Gasteiger partial charge in [0, 0.05) is 12.2 Å². The summed E-state index contributed by atoms with van der Waals surface area (Å²) in [5, 5.41) is 11.0. The number of benzene rings is 1. The molecule has 9 heteroatoms. The predicted molar refractivity (Wildman–Crippen MR) is 102 cm³/mol. The van der Waals surface area contributed by atoms with E-state index in [4.69, 9.17) is 14.7 Å². The summed E-state index contributed by atoms with van der Waals surface area (Å²) in [7, 11) is 0. The molecule has 0 radical (unpaired) electrons. The van der Waals surface area contributed by atoms with Gasteiger partial charge in [0.15, 0.2) is 6.61 Å². The van der Waals surface area contributed by atoms with Gasteiger partial charge in [0.25, 0.3) is 5.91 Å². The Morgan fingerprint density at radius 2 is 1.90 bits per heavy atom. The third-order valence-electron chi connectivity index (χ3n) is 4.35. The lowest BCUT2D eigenvalue weighted by atomic mass is 10.0. The van der Waals surface area contributed by atoms with E-state index in [0.717, 1.165) is 12.8 Å². The van der Waals surface area contributed by atoms with Crippen molar-refractivity contribution in [1.82, 2.24) is 4.90 Å². The van der Waals surface area contributed by atoms with Crippen LogP contribution in [-0.2, 0) is 23.9 Å². The van der Waals surface area contributed by atoms with E-state index in [-0.39, 0.29) is 18.6 Å². The molecule has 1 aliphatic heterocycles. The van der Waals surface area contributed by atoms with Crippen LogP contribution in [0.5, 0.6) is 0 Å². The van der Waals surface area contributed by atoms with Gasteiger partial charge in [-0.15, -0.1) is 0 Å². The lowest BCUT2D eigenvalue weighted by molar-refractivity contribution is -0.157. The first-order valence-corrected chi connectivity index (χ1v) is 9.36. The van der Waals surface area contributed by atoms with Gasteiger partial charge in [-0.05, 0) is 50.5 Å². The van der Waals surface area contributed by atoms with Crippen molar-refractivity contribution in [2.75, 3.05) is 25.1 Å². The quantitative estimate of drug-likeness (QED) is 0.688. The monoisotopic (exact) mass is 401 g/mol. The maximum absolute atomic E-state index is 12.5. The molecule has 0 unspecified atom stereocenters. The largest absolute Gasteiger partial charge is 0.464 e. The average molecular weight is 401 g/mol. The molecule has 1 heterocycles. The second kappa shape index (κ2) is 10.8. The zero-order chi connectivity index (χ0) is 21.2. The molecule has 1 atom stereocenters. The highest BCUT2D eigenvalue weighted by atomic mass is 16.5. The highest BCUT2D eigenvalue weighted by Crippen LogP contribution is 2.19. The zero-order valence-corrected chi connectivity index (χ0v) is 16.2. The Morgan fingerprint density at radius 1 is 1.17 bits per heavy atom. The van der Waals surface area contributed by atoms with Gasteiger partial charge in [0.2, 0.25) is 5.91 Å². The lowest BCUT2D eigenvalue weighted by Crippen LogP contribution is -2.50. The molecule has 9 nitrogen and oxygen atoms in total. The summed E-state index contributed by atoms with van der Waals surface area (Å²) in [5.41, 5.74) is 0.639. The smallest absolute Gasteiger partial charge is 0.338 e. The van der Waals surface area contributed by atoms with Crippen LogP contribution < -0.4 is 5.32 Å². The molecule has 0 aliphatic carbocycles. The van der Waals surface area contributed by atoms with Gasteiger partial charge in [0.1, 0.15) is 12.5 Å². The van der Waals surface area contributed by atoms with Gasteiger partial charge in [-0.1, -0.05) is 0 Å². The number of amides is 2. The van der Waals surface area contributed by atoms with E-state index in [2.05, 4.69) is 5.32 Å². The zero-order valence-electron chi connectivity index (χ0n) is 16.2. The van der Waals surface area contributed by atoms with E-state index < -0.39 is 36.4 Å². The molecule has 0 saturated carbocycles. The number of nitrogens with one attached hydrogen (secondary N) is 1. The molecule has 1 N–H and O–H groups in total. The van der Waals surface area contributed by atoms with Crippen LogP contribution >= 0.6 is 0 Å². The van der Waals surface area contributed by atoms with Gasteiger partial charge < -0.3 is 19.7 Å². The number of nitrogens with zero attached hydrogens (tertiary/aromatic N) is 2. The third-order valence-corrected chi connectivity index (χ3v) is 4.35. The number of carbonyl (C=O) groups excluding carboxylic acids is 4. The van der Waals surface area contributed by atoms with E-state index in [9.17, 15) is 19.2 Å². The Hall–Kier alpha value is -3.41. The number of anilines is 1. The summed E-state index contributed by atoms with van der Waals surface area (Å²) in [6.45, 7) is 1.88. The number of piperidine rings is 1. The van der Waals surface area contributed by atoms with Crippen molar-refractivity contribution >= 4 is 29.4 Å². The summed E-state index contributed by atoms with van der Waals surface area (Å²) in [5.74, 6) is -2.04. The van der Waals surface area contributed by atoms with E-state index in [1.165, 1.54) is 29.2 Å². The topological polar surface area (TPSA) is 126 Å². The van der Waals surface area contributed by atoms with Crippen molar-refractivity contribution in [2.45, 2.75) is 38.6 Å². The first kappa shape index (κ1) is 21.9. The molecule has 1 aromatic rings. The molecular weight excluding hydrogens is 378 g/mol. The van der Waals surface area contributed by atoms with Crippen molar-refractivity contribution < 1.29 is 28.7 Å². The summed E-state index contributed by atoms with van der Waals surface area (Å²) in [6, 6.07) is 6.96. The number of hydrogen-bond acceptors (Lipinski definition) is 7. The van der Waals surface area contributed by atoms with Gasteiger partial charge in [-0.2, -0.15) is 5.26 Å². The van der Waals surface area contributed by atoms with Crippen LogP contribution in [-0.4, -0.2) is 54.5 Å². The minimum Gasteiger partial charge on any atom is -0.464 e. The minimum absolute atomic E-state index is 0.205. The Balaban J connectivity index is 1.90. The summed E-state index contributed by atoms with van der Waals surface area (Å²) in [4.78, 5) is 49.5. The average Bonchev–Trinajstić information content (AvgIpc) is 2.72. The standard InChI is InChI=1S/C20H23N3O6/c1-2-28-20(27)16-5-3-4-12-23(16)18(25)13-29-19(26)14-6-8-15(9-7-14)22-17(24)10-11-21/h6-9,16H,2-5,10,12-13H2,1H3,(H,22,24)/t16-/m1/s1. The Kier molecular flexibility index (Phi) is 8.15. The van der Waals surface area contributed by atoms with Crippen molar-refractivity contribution in [2.24, 2.45) is 0 Å². The molecule has 1 saturated heterocycles. The van der Waals surface area contributed by atoms with Crippen LogP contribution in [0.15, 0.2) is 24.3 Å². The Labute approximate surface area is 168 Å². The van der Waals surface area contributed by atoms with E-state index in [1.54, 1.807) is 13.0 Å². The number of esters is 2. The van der Waals surface area contributed by atoms with Gasteiger partial charge in [-0.3, -0.25) is 9.59 Å². The molecule has 29 heavy (non-hydrogen) atoms. The maximum Gasteiger partial charge on any atom is 0.338 e. The fraction of sp³-hybridized carbons (Fsp3) is 0.450. The molecule has 154 valence electrons. The van der Waals surface area contributed by atoms with E-state index in [1.807, 2.05) is 0 Å². The third kappa shape index (κ3) is 6.31. The molecule has 0 bridgehead atoms. The molecule has 0 spiro atoms. The summed E-state index contributed by atoms with van der Waals surface area (Å²) in [6.07, 6.45) is 1.85. The van der Waals surface area contributed by atoms with Crippen molar-refractivity contribution in [3.8, 4) is 6.07 Å². The number of hydrogen-bond donors (Lipinski definition) is 1. The highest BCUT2D eigenvalue weighted by molar-refractivity contribution is 5.94. The number of nitriles is 1. The normalized spacial score (nSPS) is 15.7. The van der Waals surface area contributed by atoms with Gasteiger partial charge in [0.05, 0.1) is 18.2 Å². The minimum atomic E-state index is -0.696. The Bertz CT molecular complexity index is 799. The van der Waals surface area contributed by atoms with Crippen molar-refractivity contribution in [3.63, 3.8) is 0 Å². The fourth-order valence-corrected chi connectivity index (χ4v) is 2.97. The highest BCUT2D eigenvalue weighted by Gasteiger charge is 2.33. The predicted octanol–water partition coefficient (Wildman–Crippen LogP) is 1.64. The fourth-order valence-electron chi connectivity index (χ4n) is 2.97. The van der Waals surface area contributed by atoms with Crippen molar-refractivity contribution in [1.29, 1.82) is 5.26 Å². The lowest BCUT2D eigenvalue weighted by Gasteiger charge is -2.33. The van der Waals surface area contributed by atoms with Crippen LogP contribution in [0.2, 0.25) is 0 Å². The van der Waals surface area contributed by atoms with Crippen LogP contribution in [0.4, 0.5) is 5.69 Å². The maximum atomic E-state index is 12.5.